The lowest BCUT2D eigenvalue weighted by Crippen LogP contribution is -2.10. The minimum Gasteiger partial charge on any atom is -0.507 e. The minimum atomic E-state index is -0.590. The summed E-state index contributed by atoms with van der Waals surface area (Å²) in [5, 5.41) is 25.4. The van der Waals surface area contributed by atoms with Gasteiger partial charge < -0.3 is 5.11 Å². The molecule has 0 spiro atoms. The molecule has 8 nitrogen and oxygen atoms in total. The number of allylic oxidation sites excluding steroid dienone is 1. The topological polar surface area (TPSA) is 111 Å². The number of ketones is 1. The van der Waals surface area contributed by atoms with Crippen LogP contribution < -0.4 is 0 Å². The molecule has 3 aromatic rings. The van der Waals surface area contributed by atoms with E-state index in [1.165, 1.54) is 41.6 Å². The normalized spacial score (nSPS) is 11.3. The maximum Gasteiger partial charge on any atom is 0.270 e. The van der Waals surface area contributed by atoms with Crippen LogP contribution in [-0.2, 0) is 0 Å². The molecular weight excluding hydrogens is 360 g/mol. The van der Waals surface area contributed by atoms with E-state index in [-0.39, 0.29) is 22.7 Å². The van der Waals surface area contributed by atoms with Gasteiger partial charge in [-0.1, -0.05) is 11.6 Å². The number of nitro benzene ring substituents is 1. The molecule has 0 aliphatic rings. The molecule has 130 valence electrons. The number of phenolic OH excluding ortho intramolecular Hbond substituents is 1. The fourth-order valence-corrected chi connectivity index (χ4v) is 2.36. The van der Waals surface area contributed by atoms with Crippen LogP contribution in [0.1, 0.15) is 15.9 Å². The Hall–Kier alpha value is -3.52. The number of aromatic hydroxyl groups is 1. The number of nitrogens with zero attached hydrogens (tertiary/aromatic N) is 4. The van der Waals surface area contributed by atoms with E-state index >= 15 is 0 Å². The third kappa shape index (κ3) is 3.60. The number of phenols is 1. The van der Waals surface area contributed by atoms with E-state index in [4.69, 9.17) is 11.6 Å². The summed E-state index contributed by atoms with van der Waals surface area (Å²) < 4.78 is 1.22. The Morgan fingerprint density at radius 1 is 1.23 bits per heavy atom. The highest BCUT2D eigenvalue weighted by atomic mass is 35.5. The molecular formula is C17H11ClN4O4. The lowest BCUT2D eigenvalue weighted by Gasteiger charge is -2.08. The molecule has 0 saturated heterocycles. The summed E-state index contributed by atoms with van der Waals surface area (Å²) in [5.41, 5.74) is 0.277. The molecule has 0 fully saturated rings. The molecule has 1 aromatic heterocycles. The monoisotopic (exact) mass is 370 g/mol. The first-order valence-corrected chi connectivity index (χ1v) is 7.68. The van der Waals surface area contributed by atoms with Crippen LogP contribution in [0.15, 0.2) is 55.1 Å². The van der Waals surface area contributed by atoms with E-state index in [1.54, 1.807) is 24.3 Å². The molecule has 9 heteroatoms. The zero-order valence-corrected chi connectivity index (χ0v) is 13.9. The van der Waals surface area contributed by atoms with E-state index in [0.29, 0.717) is 10.6 Å². The van der Waals surface area contributed by atoms with Gasteiger partial charge in [-0.3, -0.25) is 14.9 Å². The average molecular weight is 371 g/mol. The van der Waals surface area contributed by atoms with Crippen LogP contribution in [0.25, 0.3) is 11.8 Å². The van der Waals surface area contributed by atoms with Crippen molar-refractivity contribution in [3.8, 4) is 5.75 Å². The molecule has 0 aliphatic carbocycles. The Labute approximate surface area is 152 Å². The Morgan fingerprint density at radius 3 is 2.58 bits per heavy atom. The van der Waals surface area contributed by atoms with Gasteiger partial charge in [0.2, 0.25) is 5.78 Å². The second-order valence-corrected chi connectivity index (χ2v) is 5.64. The Kier molecular flexibility index (Phi) is 4.76. The number of carbonyl (C=O) groups excluding carboxylic acids is 1. The number of aromatic nitrogens is 3. The number of benzene rings is 2. The van der Waals surface area contributed by atoms with Gasteiger partial charge in [0.1, 0.15) is 24.1 Å². The van der Waals surface area contributed by atoms with Gasteiger partial charge in [-0.25, -0.2) is 9.67 Å². The van der Waals surface area contributed by atoms with Gasteiger partial charge in [0.25, 0.3) is 5.69 Å². The molecule has 0 atom stereocenters. The van der Waals surface area contributed by atoms with Crippen LogP contribution in [0.4, 0.5) is 5.69 Å². The summed E-state index contributed by atoms with van der Waals surface area (Å²) in [4.78, 5) is 27.1. The molecule has 0 bridgehead atoms. The van der Waals surface area contributed by atoms with Crippen LogP contribution >= 0.6 is 11.6 Å². The summed E-state index contributed by atoms with van der Waals surface area (Å²) in [6.45, 7) is 0. The van der Waals surface area contributed by atoms with Gasteiger partial charge >= 0.3 is 0 Å². The van der Waals surface area contributed by atoms with Crippen molar-refractivity contribution in [2.75, 3.05) is 0 Å². The predicted octanol–water partition coefficient (Wildman–Crippen LogP) is 3.43. The first-order chi connectivity index (χ1) is 12.5. The van der Waals surface area contributed by atoms with E-state index in [0.717, 1.165) is 0 Å². The highest BCUT2D eigenvalue weighted by molar-refractivity contribution is 6.31. The van der Waals surface area contributed by atoms with Crippen molar-refractivity contribution < 1.29 is 14.8 Å². The molecule has 0 radical (unpaired) electrons. The van der Waals surface area contributed by atoms with E-state index in [1.807, 2.05) is 0 Å². The molecule has 0 aliphatic heterocycles. The zero-order chi connectivity index (χ0) is 18.7. The second kappa shape index (κ2) is 7.16. The van der Waals surface area contributed by atoms with Crippen LogP contribution in [0.5, 0.6) is 5.75 Å². The second-order valence-electron chi connectivity index (χ2n) is 5.21. The molecule has 2 aromatic carbocycles. The molecule has 1 N–H and O–H groups in total. The van der Waals surface area contributed by atoms with Crippen molar-refractivity contribution in [2.24, 2.45) is 0 Å². The predicted molar refractivity (Wildman–Crippen MR) is 94.7 cm³/mol. The minimum absolute atomic E-state index is 0.0561. The first-order valence-electron chi connectivity index (χ1n) is 7.30. The molecule has 26 heavy (non-hydrogen) atoms. The highest BCUT2D eigenvalue weighted by Crippen LogP contribution is 2.27. The third-order valence-corrected chi connectivity index (χ3v) is 3.77. The van der Waals surface area contributed by atoms with Crippen molar-refractivity contribution in [1.82, 2.24) is 14.8 Å². The largest absolute Gasteiger partial charge is 0.507 e. The van der Waals surface area contributed by atoms with Gasteiger partial charge in [0.05, 0.1) is 4.92 Å². The van der Waals surface area contributed by atoms with Crippen LogP contribution in [0, 0.1) is 10.1 Å². The Balaban J connectivity index is 2.12. The van der Waals surface area contributed by atoms with E-state index < -0.39 is 10.7 Å². The van der Waals surface area contributed by atoms with Crippen molar-refractivity contribution in [1.29, 1.82) is 0 Å². The molecule has 3 rings (SSSR count). The van der Waals surface area contributed by atoms with Crippen molar-refractivity contribution in [2.45, 2.75) is 0 Å². The smallest absolute Gasteiger partial charge is 0.270 e. The fourth-order valence-electron chi connectivity index (χ4n) is 2.24. The Bertz CT molecular complexity index is 998. The Morgan fingerprint density at radius 2 is 1.96 bits per heavy atom. The fraction of sp³-hybridized carbons (Fsp3) is 0. The van der Waals surface area contributed by atoms with Crippen LogP contribution in [0.3, 0.4) is 0 Å². The lowest BCUT2D eigenvalue weighted by molar-refractivity contribution is -0.384. The first kappa shape index (κ1) is 17.3. The van der Waals surface area contributed by atoms with Crippen molar-refractivity contribution in [3.63, 3.8) is 0 Å². The number of carbonyl (C=O) groups is 1. The van der Waals surface area contributed by atoms with Crippen molar-refractivity contribution in [3.05, 3.63) is 81.4 Å². The number of halogens is 1. The summed E-state index contributed by atoms with van der Waals surface area (Å²) in [6.07, 6.45) is 3.87. The summed E-state index contributed by atoms with van der Waals surface area (Å²) >= 11 is 5.84. The van der Waals surface area contributed by atoms with Crippen LogP contribution in [0.2, 0.25) is 5.02 Å². The maximum atomic E-state index is 12.9. The number of Topliss-reactive ketones (excluding diaryl/α,β-unsaturated/α-hetero) is 1. The van der Waals surface area contributed by atoms with Gasteiger partial charge in [0, 0.05) is 28.3 Å². The van der Waals surface area contributed by atoms with Gasteiger partial charge in [-0.05, 0) is 36.4 Å². The summed E-state index contributed by atoms with van der Waals surface area (Å²) in [6, 6.07) is 9.75. The number of non-ortho nitro benzene ring substituents is 1. The maximum absolute atomic E-state index is 12.9. The highest BCUT2D eigenvalue weighted by Gasteiger charge is 2.17. The van der Waals surface area contributed by atoms with E-state index in [9.17, 15) is 20.0 Å². The number of rotatable bonds is 5. The lowest BCUT2D eigenvalue weighted by atomic mass is 10.1. The van der Waals surface area contributed by atoms with E-state index in [2.05, 4.69) is 10.1 Å². The number of nitro groups is 1. The van der Waals surface area contributed by atoms with Gasteiger partial charge in [0.15, 0.2) is 0 Å². The molecule has 0 amide bonds. The quantitative estimate of drug-likeness (QED) is 0.319. The zero-order valence-electron chi connectivity index (χ0n) is 13.1. The van der Waals surface area contributed by atoms with Gasteiger partial charge in [-0.2, -0.15) is 5.10 Å². The number of hydrogen-bond donors (Lipinski definition) is 1. The molecule has 0 unspecified atom stereocenters. The summed E-state index contributed by atoms with van der Waals surface area (Å²) in [5.74, 6) is -0.629. The summed E-state index contributed by atoms with van der Waals surface area (Å²) in [7, 11) is 0. The third-order valence-electron chi connectivity index (χ3n) is 3.52. The van der Waals surface area contributed by atoms with Crippen LogP contribution in [-0.4, -0.2) is 30.6 Å². The number of hydrogen-bond acceptors (Lipinski definition) is 6. The van der Waals surface area contributed by atoms with Gasteiger partial charge in [-0.15, -0.1) is 0 Å². The SMILES string of the molecule is O=C(/C(=C/c1cc([N+](=O)[O-])ccc1O)n1cncn1)c1ccc(Cl)cc1. The average Bonchev–Trinajstić information content (AvgIpc) is 3.15. The molecule has 0 saturated carbocycles. The molecule has 1 heterocycles. The standard InChI is InChI=1S/C17H11ClN4O4/c18-13-3-1-11(2-4-13)17(24)15(21-10-19-9-20-21)8-12-7-14(22(25)26)5-6-16(12)23/h1-10,23H/b15-8-. The van der Waals surface area contributed by atoms with Crippen molar-refractivity contribution >= 4 is 34.8 Å².